The summed E-state index contributed by atoms with van der Waals surface area (Å²) in [6, 6.07) is 5.76. The maximum absolute atomic E-state index is 11.4. The Morgan fingerprint density at radius 3 is 2.67 bits per heavy atom. The van der Waals surface area contributed by atoms with E-state index in [4.69, 9.17) is 4.74 Å². The van der Waals surface area contributed by atoms with Gasteiger partial charge >= 0.3 is 0 Å². The van der Waals surface area contributed by atoms with Crippen molar-refractivity contribution < 1.29 is 9.53 Å². The number of hydrogen-bond acceptors (Lipinski definition) is 4. The molecule has 18 heavy (non-hydrogen) atoms. The van der Waals surface area contributed by atoms with Crippen LogP contribution in [0, 0.1) is 6.92 Å². The Morgan fingerprint density at radius 2 is 2.17 bits per heavy atom. The Labute approximate surface area is 118 Å². The minimum atomic E-state index is 0.0591. The Hall–Kier alpha value is -1.20. The van der Waals surface area contributed by atoms with Gasteiger partial charge in [0, 0.05) is 12.5 Å². The molecule has 0 bridgehead atoms. The van der Waals surface area contributed by atoms with Gasteiger partial charge in [0.15, 0.2) is 5.78 Å². The largest absolute Gasteiger partial charge is 0.496 e. The lowest BCUT2D eigenvalue weighted by atomic mass is 10.2. The average molecular weight is 326 g/mol. The highest BCUT2D eigenvalue weighted by Crippen LogP contribution is 2.33. The Kier molecular flexibility index (Phi) is 3.82. The first kappa shape index (κ1) is 13.2. The fraction of sp³-hybridized carbons (Fsp3) is 0.231. The molecule has 2 rings (SSSR count). The van der Waals surface area contributed by atoms with Gasteiger partial charge in [-0.25, -0.2) is 4.98 Å². The molecule has 2 aromatic rings. The van der Waals surface area contributed by atoms with Gasteiger partial charge < -0.3 is 4.74 Å². The van der Waals surface area contributed by atoms with Crippen LogP contribution in [0.2, 0.25) is 0 Å². The zero-order valence-corrected chi connectivity index (χ0v) is 12.7. The van der Waals surface area contributed by atoms with Gasteiger partial charge in [0.2, 0.25) is 0 Å². The van der Waals surface area contributed by atoms with Crippen molar-refractivity contribution in [3.05, 3.63) is 33.2 Å². The molecule has 0 N–H and O–H groups in total. The number of nitrogens with zero attached hydrogens (tertiary/aromatic N) is 1. The molecule has 5 heteroatoms. The normalized spacial score (nSPS) is 10.4. The molecule has 0 atom stereocenters. The van der Waals surface area contributed by atoms with Gasteiger partial charge in [-0.3, -0.25) is 4.79 Å². The topological polar surface area (TPSA) is 39.2 Å². The van der Waals surface area contributed by atoms with Gasteiger partial charge in [-0.05, 0) is 41.1 Å². The first-order chi connectivity index (χ1) is 8.52. The summed E-state index contributed by atoms with van der Waals surface area (Å²) in [4.78, 5) is 16.6. The quantitative estimate of drug-likeness (QED) is 0.798. The van der Waals surface area contributed by atoms with Crippen LogP contribution in [0.5, 0.6) is 5.75 Å². The summed E-state index contributed by atoms with van der Waals surface area (Å²) < 4.78 is 6.06. The van der Waals surface area contributed by atoms with Crippen molar-refractivity contribution in [1.82, 2.24) is 4.98 Å². The second-order valence-corrected chi connectivity index (χ2v) is 5.69. The lowest BCUT2D eigenvalue weighted by Crippen LogP contribution is -1.89. The highest BCUT2D eigenvalue weighted by Gasteiger charge is 2.13. The summed E-state index contributed by atoms with van der Waals surface area (Å²) in [5.74, 6) is 0.836. The molecule has 0 fully saturated rings. The van der Waals surface area contributed by atoms with E-state index in [-0.39, 0.29) is 5.78 Å². The smallest absolute Gasteiger partial charge is 0.171 e. The molecule has 0 saturated carbocycles. The number of thiazole rings is 1. The number of aryl methyl sites for hydroxylation is 1. The number of hydrogen-bond donors (Lipinski definition) is 0. The van der Waals surface area contributed by atoms with Crippen molar-refractivity contribution in [3.8, 4) is 16.3 Å². The molecule has 0 saturated heterocycles. The van der Waals surface area contributed by atoms with Crippen LogP contribution in [0.4, 0.5) is 0 Å². The maximum Gasteiger partial charge on any atom is 0.171 e. The number of ether oxygens (including phenoxy) is 1. The van der Waals surface area contributed by atoms with E-state index in [1.807, 2.05) is 25.1 Å². The summed E-state index contributed by atoms with van der Waals surface area (Å²) in [6.07, 6.45) is 0. The van der Waals surface area contributed by atoms with E-state index in [0.717, 1.165) is 31.4 Å². The molecule has 1 heterocycles. The molecular formula is C13H12BrNO2S. The zero-order valence-electron chi connectivity index (χ0n) is 10.3. The van der Waals surface area contributed by atoms with Gasteiger partial charge in [-0.1, -0.05) is 0 Å². The lowest BCUT2D eigenvalue weighted by Gasteiger charge is -2.04. The fourth-order valence-corrected chi connectivity index (χ4v) is 3.14. The number of Topliss-reactive ketones (excluding diaryl/α,β-unsaturated/α-hetero) is 1. The van der Waals surface area contributed by atoms with Crippen LogP contribution in [-0.4, -0.2) is 17.9 Å². The molecule has 0 radical (unpaired) electrons. The number of methoxy groups -OCH3 is 1. The van der Waals surface area contributed by atoms with Gasteiger partial charge in [-0.2, -0.15) is 0 Å². The van der Waals surface area contributed by atoms with E-state index in [9.17, 15) is 4.79 Å². The number of benzene rings is 1. The number of rotatable bonds is 3. The van der Waals surface area contributed by atoms with Crippen molar-refractivity contribution in [3.63, 3.8) is 0 Å². The minimum absolute atomic E-state index is 0.0591. The molecule has 0 amide bonds. The van der Waals surface area contributed by atoms with Crippen LogP contribution in [0.3, 0.4) is 0 Å². The third kappa shape index (κ3) is 2.47. The minimum Gasteiger partial charge on any atom is -0.496 e. The second-order valence-electron chi connectivity index (χ2n) is 3.84. The van der Waals surface area contributed by atoms with Crippen LogP contribution in [0.1, 0.15) is 22.3 Å². The van der Waals surface area contributed by atoms with Gasteiger partial charge in [0.25, 0.3) is 0 Å². The standard InChI is InChI=1S/C13H12BrNO2S/c1-7-12(8(2)16)18-13(15-7)9-4-5-11(17-3)10(14)6-9/h4-6H,1-3H3. The molecule has 94 valence electrons. The van der Waals surface area contributed by atoms with E-state index < -0.39 is 0 Å². The first-order valence-corrected chi connectivity index (χ1v) is 6.96. The number of aromatic nitrogens is 1. The predicted molar refractivity (Wildman–Crippen MR) is 76.5 cm³/mol. The number of carbonyl (C=O) groups is 1. The molecule has 0 aliphatic rings. The summed E-state index contributed by atoms with van der Waals surface area (Å²) in [7, 11) is 1.63. The van der Waals surface area contributed by atoms with Crippen molar-refractivity contribution in [2.24, 2.45) is 0 Å². The molecule has 3 nitrogen and oxygen atoms in total. The van der Waals surface area contributed by atoms with Crippen molar-refractivity contribution in [2.45, 2.75) is 13.8 Å². The summed E-state index contributed by atoms with van der Waals surface area (Å²) >= 11 is 4.86. The van der Waals surface area contributed by atoms with E-state index >= 15 is 0 Å². The second kappa shape index (κ2) is 5.20. The zero-order chi connectivity index (χ0) is 13.3. The third-order valence-electron chi connectivity index (χ3n) is 2.52. The van der Waals surface area contributed by atoms with Crippen LogP contribution < -0.4 is 4.74 Å². The third-order valence-corrected chi connectivity index (χ3v) is 4.44. The molecule has 0 spiro atoms. The number of carbonyl (C=O) groups excluding carboxylic acids is 1. The van der Waals surface area contributed by atoms with Crippen molar-refractivity contribution in [1.29, 1.82) is 0 Å². The SMILES string of the molecule is COc1ccc(-c2nc(C)c(C(C)=O)s2)cc1Br. The summed E-state index contributed by atoms with van der Waals surface area (Å²) in [5.41, 5.74) is 1.76. The molecular weight excluding hydrogens is 314 g/mol. The van der Waals surface area contributed by atoms with Crippen molar-refractivity contribution in [2.75, 3.05) is 7.11 Å². The van der Waals surface area contributed by atoms with Crippen molar-refractivity contribution >= 4 is 33.0 Å². The molecule has 1 aromatic heterocycles. The predicted octanol–water partition coefficient (Wildman–Crippen LogP) is 4.09. The van der Waals surface area contributed by atoms with E-state index in [1.54, 1.807) is 14.0 Å². The van der Waals surface area contributed by atoms with E-state index in [2.05, 4.69) is 20.9 Å². The van der Waals surface area contributed by atoms with Crippen LogP contribution in [0.15, 0.2) is 22.7 Å². The Bertz CT molecular complexity index is 607. The average Bonchev–Trinajstić information content (AvgIpc) is 2.71. The highest BCUT2D eigenvalue weighted by molar-refractivity contribution is 9.10. The molecule has 0 aliphatic heterocycles. The summed E-state index contributed by atoms with van der Waals surface area (Å²) in [5, 5.41) is 0.848. The van der Waals surface area contributed by atoms with Gasteiger partial charge in [-0.15, -0.1) is 11.3 Å². The van der Waals surface area contributed by atoms with Crippen LogP contribution in [-0.2, 0) is 0 Å². The fourth-order valence-electron chi connectivity index (χ4n) is 1.65. The van der Waals surface area contributed by atoms with Gasteiger partial charge in [0.1, 0.15) is 10.8 Å². The van der Waals surface area contributed by atoms with E-state index in [1.165, 1.54) is 11.3 Å². The summed E-state index contributed by atoms with van der Waals surface area (Å²) in [6.45, 7) is 3.42. The number of ketones is 1. The maximum atomic E-state index is 11.4. The molecule has 0 aliphatic carbocycles. The van der Waals surface area contributed by atoms with E-state index in [0.29, 0.717) is 0 Å². The Balaban J connectivity index is 2.46. The molecule has 0 unspecified atom stereocenters. The van der Waals surface area contributed by atoms with Crippen LogP contribution >= 0.6 is 27.3 Å². The Morgan fingerprint density at radius 1 is 1.44 bits per heavy atom. The molecule has 1 aromatic carbocycles. The van der Waals surface area contributed by atoms with Gasteiger partial charge in [0.05, 0.1) is 22.2 Å². The van der Waals surface area contributed by atoms with Crippen LogP contribution in [0.25, 0.3) is 10.6 Å². The monoisotopic (exact) mass is 325 g/mol. The lowest BCUT2D eigenvalue weighted by molar-refractivity contribution is 0.102. The first-order valence-electron chi connectivity index (χ1n) is 5.35. The number of halogens is 1. The highest BCUT2D eigenvalue weighted by atomic mass is 79.9.